The Bertz CT molecular complexity index is 408. The smallest absolute Gasteiger partial charge is 0.114 e. The van der Waals surface area contributed by atoms with Gasteiger partial charge in [-0.05, 0) is 49.9 Å². The zero-order valence-electron chi connectivity index (χ0n) is 9.86. The first-order chi connectivity index (χ1) is 7.72. The summed E-state index contributed by atoms with van der Waals surface area (Å²) in [6, 6.07) is 6.05. The largest absolute Gasteiger partial charge is 0.399 e. The molecule has 0 amide bonds. The van der Waals surface area contributed by atoms with Crippen molar-refractivity contribution in [2.75, 3.05) is 12.3 Å². The maximum atomic E-state index is 5.81. The summed E-state index contributed by atoms with van der Waals surface area (Å²) in [6.07, 6.45) is 2.44. The van der Waals surface area contributed by atoms with Crippen LogP contribution in [0.5, 0.6) is 0 Å². The molecular weight excluding hydrogens is 200 g/mol. The Balaban J connectivity index is 2.27. The quantitative estimate of drug-likeness (QED) is 0.480. The first kappa shape index (κ1) is 11.0. The highest BCUT2D eigenvalue weighted by molar-refractivity contribution is 6.03. The number of benzene rings is 1. The summed E-state index contributed by atoms with van der Waals surface area (Å²) >= 11 is 0. The van der Waals surface area contributed by atoms with Crippen LogP contribution < -0.4 is 5.73 Å². The van der Waals surface area contributed by atoms with Crippen molar-refractivity contribution in [3.63, 3.8) is 0 Å². The summed E-state index contributed by atoms with van der Waals surface area (Å²) < 4.78 is 0. The van der Waals surface area contributed by atoms with E-state index in [4.69, 9.17) is 10.6 Å². The highest BCUT2D eigenvalue weighted by Gasteiger charge is 2.29. The molecule has 1 aromatic carbocycles. The van der Waals surface area contributed by atoms with E-state index >= 15 is 0 Å². The summed E-state index contributed by atoms with van der Waals surface area (Å²) in [4.78, 5) is 5.18. The summed E-state index contributed by atoms with van der Waals surface area (Å²) in [5.74, 6) is 0.578. The topological polar surface area (TPSA) is 47.6 Å². The average molecular weight is 218 g/mol. The molecule has 0 heterocycles. The van der Waals surface area contributed by atoms with E-state index in [0.29, 0.717) is 12.5 Å². The molecule has 0 unspecified atom stereocenters. The molecule has 2 rings (SSSR count). The Morgan fingerprint density at radius 3 is 2.81 bits per heavy atom. The minimum Gasteiger partial charge on any atom is -0.399 e. The molecule has 0 bridgehead atoms. The van der Waals surface area contributed by atoms with Crippen LogP contribution in [0.2, 0.25) is 0 Å². The van der Waals surface area contributed by atoms with Gasteiger partial charge < -0.3 is 10.6 Å². The van der Waals surface area contributed by atoms with Crippen molar-refractivity contribution in [2.24, 2.45) is 11.1 Å². The fraction of sp³-hybridized carbons (Fsp3) is 0.462. The molecule has 3 nitrogen and oxygen atoms in total. The van der Waals surface area contributed by atoms with Crippen LogP contribution in [0.4, 0.5) is 5.69 Å². The second-order valence-corrected chi connectivity index (χ2v) is 4.24. The van der Waals surface area contributed by atoms with Gasteiger partial charge in [0.25, 0.3) is 0 Å². The number of nitrogens with two attached hydrogens (primary N) is 1. The van der Waals surface area contributed by atoms with Crippen LogP contribution in [0, 0.1) is 12.8 Å². The van der Waals surface area contributed by atoms with Crippen molar-refractivity contribution in [1.82, 2.24) is 0 Å². The summed E-state index contributed by atoms with van der Waals surface area (Å²) in [6.45, 7) is 4.58. The van der Waals surface area contributed by atoms with E-state index in [1.165, 1.54) is 12.8 Å². The molecule has 0 atom stereocenters. The fourth-order valence-electron chi connectivity index (χ4n) is 1.69. The van der Waals surface area contributed by atoms with E-state index in [1.54, 1.807) is 0 Å². The van der Waals surface area contributed by atoms with Crippen molar-refractivity contribution in [3.8, 4) is 0 Å². The lowest BCUT2D eigenvalue weighted by Crippen LogP contribution is -2.06. The third kappa shape index (κ3) is 2.35. The Morgan fingerprint density at radius 2 is 2.25 bits per heavy atom. The second-order valence-electron chi connectivity index (χ2n) is 4.24. The minimum absolute atomic E-state index is 0.578. The van der Waals surface area contributed by atoms with Crippen molar-refractivity contribution in [2.45, 2.75) is 26.7 Å². The lowest BCUT2D eigenvalue weighted by atomic mass is 10.0. The molecule has 0 radical (unpaired) electrons. The normalized spacial score (nSPS) is 16.2. The Morgan fingerprint density at radius 1 is 1.50 bits per heavy atom. The molecule has 1 aliphatic carbocycles. The zero-order chi connectivity index (χ0) is 11.5. The van der Waals surface area contributed by atoms with Crippen LogP contribution in [0.1, 0.15) is 30.9 Å². The van der Waals surface area contributed by atoms with Crippen molar-refractivity contribution >= 4 is 11.4 Å². The highest BCUT2D eigenvalue weighted by Crippen LogP contribution is 2.34. The molecule has 1 fully saturated rings. The van der Waals surface area contributed by atoms with Gasteiger partial charge >= 0.3 is 0 Å². The van der Waals surface area contributed by atoms with E-state index in [2.05, 4.69) is 11.2 Å². The number of hydrogen-bond donors (Lipinski definition) is 1. The molecule has 0 saturated heterocycles. The van der Waals surface area contributed by atoms with E-state index in [0.717, 1.165) is 22.5 Å². The number of aryl methyl sites for hydroxylation is 1. The molecule has 1 aliphatic rings. The van der Waals surface area contributed by atoms with E-state index in [9.17, 15) is 0 Å². The van der Waals surface area contributed by atoms with Gasteiger partial charge in [-0.15, -0.1) is 0 Å². The van der Waals surface area contributed by atoms with Crippen molar-refractivity contribution in [3.05, 3.63) is 29.3 Å². The molecule has 2 N–H and O–H groups in total. The van der Waals surface area contributed by atoms with Crippen molar-refractivity contribution in [1.29, 1.82) is 0 Å². The third-order valence-corrected chi connectivity index (χ3v) is 2.82. The molecule has 86 valence electrons. The van der Waals surface area contributed by atoms with Gasteiger partial charge in [0.1, 0.15) is 6.61 Å². The van der Waals surface area contributed by atoms with E-state index < -0.39 is 0 Å². The minimum atomic E-state index is 0.578. The Hall–Kier alpha value is -1.51. The predicted molar refractivity (Wildman–Crippen MR) is 66.5 cm³/mol. The van der Waals surface area contributed by atoms with Gasteiger partial charge in [0, 0.05) is 11.6 Å². The van der Waals surface area contributed by atoms with Gasteiger partial charge in [0.15, 0.2) is 0 Å². The maximum absolute atomic E-state index is 5.81. The van der Waals surface area contributed by atoms with Gasteiger partial charge in [0.2, 0.25) is 0 Å². The Labute approximate surface area is 96.3 Å². The molecule has 0 aromatic heterocycles. The first-order valence-corrected chi connectivity index (χ1v) is 5.78. The van der Waals surface area contributed by atoms with Gasteiger partial charge in [-0.2, -0.15) is 0 Å². The SMILES string of the molecule is CCO/N=C(/c1ccc(N)c(C)c1)C1CC1. The molecule has 0 spiro atoms. The van der Waals surface area contributed by atoms with Crippen LogP contribution in [-0.4, -0.2) is 12.3 Å². The number of anilines is 1. The summed E-state index contributed by atoms with van der Waals surface area (Å²) in [5.41, 5.74) is 9.95. The number of rotatable bonds is 4. The molecule has 1 aromatic rings. The average Bonchev–Trinajstić information content (AvgIpc) is 3.08. The van der Waals surface area contributed by atoms with Gasteiger partial charge in [0.05, 0.1) is 5.71 Å². The molecule has 0 aliphatic heterocycles. The van der Waals surface area contributed by atoms with Gasteiger partial charge in [-0.3, -0.25) is 0 Å². The monoisotopic (exact) mass is 218 g/mol. The first-order valence-electron chi connectivity index (χ1n) is 5.78. The summed E-state index contributed by atoms with van der Waals surface area (Å²) in [7, 11) is 0. The molecule has 3 heteroatoms. The van der Waals surface area contributed by atoms with Gasteiger partial charge in [-0.1, -0.05) is 11.2 Å². The van der Waals surface area contributed by atoms with Crippen LogP contribution >= 0.6 is 0 Å². The predicted octanol–water partition coefficient (Wildman–Crippen LogP) is 2.73. The zero-order valence-corrected chi connectivity index (χ0v) is 9.86. The van der Waals surface area contributed by atoms with E-state index in [1.807, 2.05) is 26.0 Å². The van der Waals surface area contributed by atoms with Gasteiger partial charge in [-0.25, -0.2) is 0 Å². The lowest BCUT2D eigenvalue weighted by molar-refractivity contribution is 0.158. The summed E-state index contributed by atoms with van der Waals surface area (Å²) in [5, 5.41) is 4.22. The van der Waals surface area contributed by atoms with Crippen molar-refractivity contribution < 1.29 is 4.84 Å². The highest BCUT2D eigenvalue weighted by atomic mass is 16.6. The fourth-order valence-corrected chi connectivity index (χ4v) is 1.69. The molecule has 1 saturated carbocycles. The van der Waals surface area contributed by atoms with Crippen LogP contribution in [0.25, 0.3) is 0 Å². The standard InChI is InChI=1S/C13H18N2O/c1-3-16-15-13(10-4-5-10)11-6-7-12(14)9(2)8-11/h6-8,10H,3-5,14H2,1-2H3/b15-13+. The van der Waals surface area contributed by atoms with Crippen LogP contribution in [0.3, 0.4) is 0 Å². The number of hydrogen-bond acceptors (Lipinski definition) is 3. The maximum Gasteiger partial charge on any atom is 0.114 e. The molecular formula is C13H18N2O. The number of nitrogens with zero attached hydrogens (tertiary/aromatic N) is 1. The third-order valence-electron chi connectivity index (χ3n) is 2.82. The van der Waals surface area contributed by atoms with Crippen LogP contribution in [0.15, 0.2) is 23.4 Å². The van der Waals surface area contributed by atoms with E-state index in [-0.39, 0.29) is 0 Å². The lowest BCUT2D eigenvalue weighted by Gasteiger charge is -2.07. The second kappa shape index (κ2) is 4.56. The van der Waals surface area contributed by atoms with Crippen LogP contribution in [-0.2, 0) is 4.84 Å². The Kier molecular flexibility index (Phi) is 3.13. The molecule has 16 heavy (non-hydrogen) atoms. The number of nitrogen functional groups attached to an aromatic ring is 1. The number of oxime groups is 1.